The first-order chi connectivity index (χ1) is 8.31. The van der Waals surface area contributed by atoms with Gasteiger partial charge in [-0.3, -0.25) is 0 Å². The molecule has 0 aliphatic carbocycles. The van der Waals surface area contributed by atoms with Crippen LogP contribution in [0.25, 0.3) is 5.57 Å². The predicted octanol–water partition coefficient (Wildman–Crippen LogP) is 2.73. The summed E-state index contributed by atoms with van der Waals surface area (Å²) in [6.45, 7) is 3.61. The van der Waals surface area contributed by atoms with Crippen molar-refractivity contribution in [3.05, 3.63) is 42.0 Å². The van der Waals surface area contributed by atoms with Crippen molar-refractivity contribution < 1.29 is 30.6 Å². The number of ether oxygens (including phenoxy) is 1. The van der Waals surface area contributed by atoms with E-state index in [0.717, 1.165) is 13.0 Å². The van der Waals surface area contributed by atoms with Crippen LogP contribution in [0.3, 0.4) is 0 Å². The van der Waals surface area contributed by atoms with E-state index in [-0.39, 0.29) is 27.2 Å². The number of carbonyl (C=O) groups is 1. The molecule has 1 aliphatic rings. The molecule has 0 atom stereocenters. The van der Waals surface area contributed by atoms with Gasteiger partial charge in [0.25, 0.3) is 0 Å². The number of carbonyl (C=O) groups excluding carboxylic acids is 1. The van der Waals surface area contributed by atoms with Crippen LogP contribution in [0, 0.1) is 6.07 Å². The van der Waals surface area contributed by atoms with Gasteiger partial charge in [0.15, 0.2) is 0 Å². The van der Waals surface area contributed by atoms with E-state index in [9.17, 15) is 4.79 Å². The molecule has 0 spiro atoms. The van der Waals surface area contributed by atoms with Crippen LogP contribution in [0.5, 0.6) is 0 Å². The summed E-state index contributed by atoms with van der Waals surface area (Å²) in [5.74, 6) is 0. The fraction of sp³-hybridized carbons (Fsp3) is 0.357. The van der Waals surface area contributed by atoms with Gasteiger partial charge in [0.05, 0.1) is 6.61 Å². The van der Waals surface area contributed by atoms with Gasteiger partial charge in [0, 0.05) is 34.2 Å². The summed E-state index contributed by atoms with van der Waals surface area (Å²) < 4.78 is 4.98. The molecule has 1 aromatic carbocycles. The van der Waals surface area contributed by atoms with Gasteiger partial charge in [-0.15, -0.1) is 5.56 Å². The summed E-state index contributed by atoms with van der Waals surface area (Å²) in [6, 6.07) is 10.9. The van der Waals surface area contributed by atoms with Crippen LogP contribution in [-0.2, 0) is 25.8 Å². The molecule has 0 saturated heterocycles. The van der Waals surface area contributed by atoms with E-state index in [4.69, 9.17) is 4.74 Å². The summed E-state index contributed by atoms with van der Waals surface area (Å²) in [7, 11) is 0. The van der Waals surface area contributed by atoms with Gasteiger partial charge < -0.3 is 9.64 Å². The normalized spacial score (nSPS) is 14.5. The molecule has 96 valence electrons. The first-order valence-corrected chi connectivity index (χ1v) is 5.88. The molecule has 0 aromatic heterocycles. The van der Waals surface area contributed by atoms with E-state index in [1.807, 2.05) is 31.2 Å². The van der Waals surface area contributed by atoms with E-state index in [1.54, 1.807) is 4.90 Å². The third-order valence-corrected chi connectivity index (χ3v) is 2.82. The molecular weight excluding hydrogens is 398 g/mol. The van der Waals surface area contributed by atoms with Crippen molar-refractivity contribution in [2.75, 3.05) is 19.7 Å². The van der Waals surface area contributed by atoms with Gasteiger partial charge in [-0.05, 0) is 13.3 Å². The summed E-state index contributed by atoms with van der Waals surface area (Å²) in [5.41, 5.74) is 2.51. The second-order valence-electron chi connectivity index (χ2n) is 3.91. The zero-order chi connectivity index (χ0) is 12.1. The van der Waals surface area contributed by atoms with Crippen molar-refractivity contribution in [3.8, 4) is 0 Å². The second-order valence-corrected chi connectivity index (χ2v) is 3.91. The standard InChI is InChI=1S/C14H16NO2.W/c1-2-17-14(16)15-10-8-13(9-11-15)12-6-4-3-5-7-12;/h4-8H,2,9-11H2,1H3;/q-1;. The summed E-state index contributed by atoms with van der Waals surface area (Å²) in [4.78, 5) is 13.2. The first-order valence-electron chi connectivity index (χ1n) is 5.88. The largest absolute Gasteiger partial charge is 0.450 e. The molecule has 1 aromatic rings. The molecular formula is C14H16NO2W-. The maximum Gasteiger partial charge on any atom is 0.410 e. The smallest absolute Gasteiger partial charge is 0.410 e. The molecule has 0 radical (unpaired) electrons. The zero-order valence-corrected chi connectivity index (χ0v) is 13.3. The molecule has 0 saturated carbocycles. The van der Waals surface area contributed by atoms with Crippen LogP contribution < -0.4 is 0 Å². The van der Waals surface area contributed by atoms with E-state index < -0.39 is 0 Å². The number of nitrogens with zero attached hydrogens (tertiary/aromatic N) is 1. The Morgan fingerprint density at radius 2 is 2.17 bits per heavy atom. The first kappa shape index (κ1) is 15.0. The van der Waals surface area contributed by atoms with Crippen molar-refractivity contribution in [1.29, 1.82) is 0 Å². The Morgan fingerprint density at radius 3 is 2.72 bits per heavy atom. The third-order valence-electron chi connectivity index (χ3n) is 2.82. The van der Waals surface area contributed by atoms with Gasteiger partial charge in [-0.1, -0.05) is 11.6 Å². The molecule has 0 unspecified atom stereocenters. The Kier molecular flexibility index (Phi) is 6.14. The van der Waals surface area contributed by atoms with Crippen LogP contribution in [0.15, 0.2) is 30.3 Å². The van der Waals surface area contributed by atoms with Crippen LogP contribution in [-0.4, -0.2) is 30.7 Å². The number of benzene rings is 1. The van der Waals surface area contributed by atoms with Crippen molar-refractivity contribution >= 4 is 11.7 Å². The van der Waals surface area contributed by atoms with Crippen molar-refractivity contribution in [1.82, 2.24) is 4.90 Å². The SMILES string of the molecule is CCOC(=O)N1CC=C(c2cc[c-]cc2)CC1.[W]. The molecule has 1 amide bonds. The van der Waals surface area contributed by atoms with Crippen molar-refractivity contribution in [2.24, 2.45) is 0 Å². The minimum absolute atomic E-state index is 0. The van der Waals surface area contributed by atoms with E-state index >= 15 is 0 Å². The Bertz CT molecular complexity index is 417. The fourth-order valence-corrected chi connectivity index (χ4v) is 1.91. The average Bonchev–Trinajstić information content (AvgIpc) is 2.40. The van der Waals surface area contributed by atoms with Gasteiger partial charge in [0.2, 0.25) is 0 Å². The second kappa shape index (κ2) is 7.37. The minimum atomic E-state index is -0.218. The summed E-state index contributed by atoms with van der Waals surface area (Å²) >= 11 is 0. The summed E-state index contributed by atoms with van der Waals surface area (Å²) in [6.07, 6.45) is 2.75. The van der Waals surface area contributed by atoms with Crippen LogP contribution in [0.2, 0.25) is 0 Å². The average molecular weight is 414 g/mol. The number of rotatable bonds is 2. The monoisotopic (exact) mass is 414 g/mol. The molecule has 0 fully saturated rings. The Balaban J connectivity index is 0.00000162. The fourth-order valence-electron chi connectivity index (χ4n) is 1.91. The van der Waals surface area contributed by atoms with Gasteiger partial charge in [0.1, 0.15) is 0 Å². The van der Waals surface area contributed by atoms with Crippen LogP contribution in [0.4, 0.5) is 4.79 Å². The number of hydrogen-bond acceptors (Lipinski definition) is 2. The third kappa shape index (κ3) is 3.71. The maximum atomic E-state index is 11.5. The molecule has 3 nitrogen and oxygen atoms in total. The maximum absolute atomic E-state index is 11.5. The Morgan fingerprint density at radius 1 is 1.44 bits per heavy atom. The number of hydrogen-bond donors (Lipinski definition) is 0. The molecule has 0 bridgehead atoms. The topological polar surface area (TPSA) is 29.5 Å². The Labute approximate surface area is 122 Å². The molecule has 4 heteroatoms. The van der Waals surface area contributed by atoms with Crippen molar-refractivity contribution in [3.63, 3.8) is 0 Å². The quantitative estimate of drug-likeness (QED) is 0.697. The van der Waals surface area contributed by atoms with Gasteiger partial charge in [-0.25, -0.2) is 4.79 Å². The van der Waals surface area contributed by atoms with Gasteiger partial charge in [-0.2, -0.15) is 30.3 Å². The van der Waals surface area contributed by atoms with E-state index in [1.165, 1.54) is 11.1 Å². The molecule has 0 N–H and O–H groups in total. The van der Waals surface area contributed by atoms with E-state index in [0.29, 0.717) is 13.2 Å². The molecule has 1 heterocycles. The van der Waals surface area contributed by atoms with Crippen LogP contribution >= 0.6 is 0 Å². The zero-order valence-electron chi connectivity index (χ0n) is 10.4. The molecule has 2 rings (SSSR count). The van der Waals surface area contributed by atoms with Crippen molar-refractivity contribution in [2.45, 2.75) is 13.3 Å². The van der Waals surface area contributed by atoms with E-state index in [2.05, 4.69) is 12.1 Å². The Hall–Kier alpha value is -1.08. The van der Waals surface area contributed by atoms with Crippen LogP contribution in [0.1, 0.15) is 18.9 Å². The molecule has 18 heavy (non-hydrogen) atoms. The minimum Gasteiger partial charge on any atom is -0.450 e. The molecule has 1 aliphatic heterocycles. The van der Waals surface area contributed by atoms with Gasteiger partial charge >= 0.3 is 6.09 Å². The predicted molar refractivity (Wildman–Crippen MR) is 66.5 cm³/mol. The summed E-state index contributed by atoms with van der Waals surface area (Å²) in [5, 5.41) is 0. The number of amides is 1.